The predicted molar refractivity (Wildman–Crippen MR) is 165 cm³/mol. The van der Waals surface area contributed by atoms with Crippen LogP contribution in [-0.2, 0) is 29.8 Å². The van der Waals surface area contributed by atoms with E-state index >= 15 is 0 Å². The zero-order chi connectivity index (χ0) is 35.3. The predicted octanol–water partition coefficient (Wildman–Crippen LogP) is 3.33. The minimum atomic E-state index is -4.60. The molecule has 0 atom stereocenters. The molecule has 17 nitrogen and oxygen atoms in total. The number of allylic oxidation sites excluding steroid dienone is 1. The highest BCUT2D eigenvalue weighted by atomic mass is 35.5. The van der Waals surface area contributed by atoms with Gasteiger partial charge in [0, 0.05) is 13.1 Å². The molecular formula is C26H32ClFN6O11S2. The van der Waals surface area contributed by atoms with Gasteiger partial charge >= 0.3 is 28.2 Å². The van der Waals surface area contributed by atoms with Crippen LogP contribution in [-0.4, -0.2) is 82.2 Å². The first-order chi connectivity index (χ1) is 21.9. The molecule has 0 unspecified atom stereocenters. The summed E-state index contributed by atoms with van der Waals surface area (Å²) in [5.74, 6) is -1.52. The molecule has 4 rings (SSSR count). The average Bonchev–Trinajstić information content (AvgIpc) is 3.60. The third-order valence-electron chi connectivity index (χ3n) is 6.41. The number of rotatable bonds is 9. The molecule has 2 fully saturated rings. The molecule has 2 aliphatic rings. The van der Waals surface area contributed by atoms with Crippen molar-refractivity contribution in [1.29, 1.82) is 0 Å². The maximum atomic E-state index is 14.3. The van der Waals surface area contributed by atoms with Gasteiger partial charge in [-0.2, -0.15) is 18.4 Å². The van der Waals surface area contributed by atoms with Gasteiger partial charge in [-0.05, 0) is 51.2 Å². The number of methoxy groups -OCH3 is 2. The monoisotopic (exact) mass is 722 g/mol. The molecular weight excluding hydrogens is 691 g/mol. The number of aromatic nitrogens is 2. The van der Waals surface area contributed by atoms with Gasteiger partial charge in [-0.25, -0.2) is 32.0 Å². The van der Waals surface area contributed by atoms with Gasteiger partial charge in [0.2, 0.25) is 27.7 Å². The van der Waals surface area contributed by atoms with Crippen molar-refractivity contribution in [2.45, 2.75) is 45.6 Å². The summed E-state index contributed by atoms with van der Waals surface area (Å²) >= 11 is 6.04. The van der Waals surface area contributed by atoms with E-state index in [4.69, 9.17) is 30.5 Å². The second-order valence-corrected chi connectivity index (χ2v) is 14.4. The van der Waals surface area contributed by atoms with Crippen molar-refractivity contribution >= 4 is 61.5 Å². The number of carbonyl (C=O) groups is 3. The molecule has 258 valence electrons. The molecule has 0 bridgehead atoms. The van der Waals surface area contributed by atoms with E-state index in [1.807, 2.05) is 5.32 Å². The zero-order valence-electron chi connectivity index (χ0n) is 26.0. The first-order valence-electron chi connectivity index (χ1n) is 13.5. The van der Waals surface area contributed by atoms with Crippen molar-refractivity contribution in [2.24, 2.45) is 0 Å². The van der Waals surface area contributed by atoms with Crippen LogP contribution in [0.2, 0.25) is 5.02 Å². The first-order valence-corrected chi connectivity index (χ1v) is 17.2. The van der Waals surface area contributed by atoms with Crippen LogP contribution in [0.5, 0.6) is 17.5 Å². The summed E-state index contributed by atoms with van der Waals surface area (Å²) in [5, 5.41) is 2.12. The molecule has 1 aromatic heterocycles. The molecule has 1 saturated carbocycles. The number of hydrogen-bond acceptors (Lipinski definition) is 13. The van der Waals surface area contributed by atoms with Gasteiger partial charge in [0.1, 0.15) is 11.6 Å². The summed E-state index contributed by atoms with van der Waals surface area (Å²) in [6.45, 7) is 3.27. The van der Waals surface area contributed by atoms with Crippen LogP contribution in [0.4, 0.5) is 25.6 Å². The Morgan fingerprint density at radius 2 is 1.64 bits per heavy atom. The molecule has 1 aliphatic heterocycles. The first kappa shape index (κ1) is 37.2. The lowest BCUT2D eigenvalue weighted by Gasteiger charge is -2.18. The largest absolute Gasteiger partial charge is 0.489 e. The maximum Gasteiger partial charge on any atom is 0.427 e. The Labute approximate surface area is 275 Å². The van der Waals surface area contributed by atoms with E-state index in [1.54, 1.807) is 13.8 Å². The van der Waals surface area contributed by atoms with Crippen LogP contribution < -0.4 is 29.1 Å². The van der Waals surface area contributed by atoms with E-state index in [0.717, 1.165) is 38.8 Å². The molecule has 21 heteroatoms. The normalized spacial score (nSPS) is 15.2. The van der Waals surface area contributed by atoms with Crippen molar-refractivity contribution < 1.29 is 54.6 Å². The number of carbonyl (C=O) groups excluding carboxylic acids is 3. The quantitative estimate of drug-likeness (QED) is 0.356. The van der Waals surface area contributed by atoms with E-state index in [2.05, 4.69) is 9.97 Å². The fourth-order valence-electron chi connectivity index (χ4n) is 4.01. The van der Waals surface area contributed by atoms with Gasteiger partial charge in [0.05, 0.1) is 43.4 Å². The Balaban J connectivity index is 0.000000256. The number of hydrogen-bond donors (Lipinski definition) is 2. The molecule has 2 aromatic rings. The van der Waals surface area contributed by atoms with E-state index in [9.17, 15) is 35.6 Å². The second kappa shape index (κ2) is 15.1. The number of nitrogens with zero attached hydrogens (tertiary/aromatic N) is 4. The van der Waals surface area contributed by atoms with E-state index in [0.29, 0.717) is 16.7 Å². The van der Waals surface area contributed by atoms with Crippen LogP contribution in [0.15, 0.2) is 29.5 Å². The van der Waals surface area contributed by atoms with E-state index in [1.165, 1.54) is 31.1 Å². The Bertz CT molecular complexity index is 1780. The number of imide groups is 1. The standard InChI is InChI=1S/C17H17ClFNO4.C9H15N5O7S2/c1-9(2)15-16(21)20(17(22)24-15)13-8-14(11(18)7-12(13)19)23-10-5-3-4-6-10;1-14(22(4,16)17)23(18,19)13-9(15)12-8-10-6(20-2)5-7(11-8)21-3/h7-8,10H,3-6H2,1-2H3;5H,1-4H3,(H2,10,11,12,13,15). The summed E-state index contributed by atoms with van der Waals surface area (Å²) in [6, 6.07) is 2.39. The average molecular weight is 723 g/mol. The Hall–Kier alpha value is -4.27. The lowest BCUT2D eigenvalue weighted by atomic mass is 10.2. The SMILES string of the molecule is CC(C)=C1OC(=O)N(c2cc(OC3CCCC3)c(Cl)cc2F)C1=O.COc1cc(OC)nc(NC(=O)NS(=O)(=O)N(C)S(C)(=O)=O)n1. The number of nitrogens with one attached hydrogen (secondary N) is 2. The minimum Gasteiger partial charge on any atom is -0.489 e. The third-order valence-corrected chi connectivity index (χ3v) is 10.2. The van der Waals surface area contributed by atoms with Gasteiger partial charge in [-0.15, -0.1) is 0 Å². The fraction of sp³-hybridized carbons (Fsp3) is 0.423. The highest BCUT2D eigenvalue weighted by molar-refractivity contribution is 8.03. The molecule has 1 aliphatic carbocycles. The van der Waals surface area contributed by atoms with Crippen molar-refractivity contribution in [1.82, 2.24) is 18.4 Å². The molecule has 4 amide bonds. The van der Waals surface area contributed by atoms with Crippen LogP contribution in [0, 0.1) is 5.82 Å². The lowest BCUT2D eigenvalue weighted by molar-refractivity contribution is -0.114. The van der Waals surface area contributed by atoms with Gasteiger partial charge < -0.3 is 18.9 Å². The number of benzene rings is 1. The van der Waals surface area contributed by atoms with Crippen molar-refractivity contribution in [3.63, 3.8) is 0 Å². The summed E-state index contributed by atoms with van der Waals surface area (Å²) in [7, 11) is -5.27. The van der Waals surface area contributed by atoms with Crippen LogP contribution in [0.25, 0.3) is 0 Å². The Kier molecular flexibility index (Phi) is 11.9. The van der Waals surface area contributed by atoms with Crippen LogP contribution in [0.3, 0.4) is 0 Å². The highest BCUT2D eigenvalue weighted by Gasteiger charge is 2.40. The number of halogens is 2. The molecule has 0 radical (unpaired) electrons. The van der Waals surface area contributed by atoms with Crippen molar-refractivity contribution in [3.05, 3.63) is 40.4 Å². The zero-order valence-corrected chi connectivity index (χ0v) is 28.4. The van der Waals surface area contributed by atoms with Gasteiger partial charge in [-0.1, -0.05) is 15.3 Å². The number of anilines is 2. The molecule has 1 aromatic carbocycles. The molecule has 2 heterocycles. The molecule has 2 N–H and O–H groups in total. The maximum absolute atomic E-state index is 14.3. The van der Waals surface area contributed by atoms with Gasteiger partial charge in [0.15, 0.2) is 5.76 Å². The summed E-state index contributed by atoms with van der Waals surface area (Å²) in [5.41, 5.74) is 0.311. The number of sulfonamides is 1. The number of urea groups is 1. The smallest absolute Gasteiger partial charge is 0.427 e. The fourth-order valence-corrected chi connectivity index (χ4v) is 6.15. The van der Waals surface area contributed by atoms with Crippen molar-refractivity contribution in [2.75, 3.05) is 37.7 Å². The summed E-state index contributed by atoms with van der Waals surface area (Å²) < 4.78 is 82.1. The van der Waals surface area contributed by atoms with E-state index in [-0.39, 0.29) is 49.7 Å². The van der Waals surface area contributed by atoms with Gasteiger partial charge in [0.25, 0.3) is 0 Å². The van der Waals surface area contributed by atoms with Crippen molar-refractivity contribution in [3.8, 4) is 17.5 Å². The van der Waals surface area contributed by atoms with E-state index < -0.39 is 44.1 Å². The summed E-state index contributed by atoms with van der Waals surface area (Å²) in [6.07, 6.45) is 3.67. The molecule has 0 spiro atoms. The minimum absolute atomic E-state index is 0.00654. The topological polar surface area (TPSA) is 213 Å². The molecule has 47 heavy (non-hydrogen) atoms. The highest BCUT2D eigenvalue weighted by Crippen LogP contribution is 2.37. The summed E-state index contributed by atoms with van der Waals surface area (Å²) in [4.78, 5) is 44.2. The lowest BCUT2D eigenvalue weighted by Crippen LogP contribution is -2.45. The second-order valence-electron chi connectivity index (χ2n) is 10.1. The molecule has 1 saturated heterocycles. The van der Waals surface area contributed by atoms with Crippen LogP contribution >= 0.6 is 11.6 Å². The number of ether oxygens (including phenoxy) is 4. The Morgan fingerprint density at radius 1 is 1.06 bits per heavy atom. The van der Waals surface area contributed by atoms with Crippen LogP contribution in [0.1, 0.15) is 39.5 Å². The van der Waals surface area contributed by atoms with Gasteiger partial charge in [-0.3, -0.25) is 10.1 Å². The number of amides is 4. The Morgan fingerprint density at radius 3 is 2.13 bits per heavy atom. The third kappa shape index (κ3) is 9.40. The number of cyclic esters (lactones) is 1.